The molecular weight excluding hydrogens is 202 g/mol. The lowest BCUT2D eigenvalue weighted by Crippen LogP contribution is -2.26. The summed E-state index contributed by atoms with van der Waals surface area (Å²) in [7, 11) is 0. The second-order valence-electron chi connectivity index (χ2n) is 2.76. The Labute approximate surface area is 86.3 Å². The summed E-state index contributed by atoms with van der Waals surface area (Å²) < 4.78 is 4.57. The third kappa shape index (κ3) is 3.71. The van der Waals surface area contributed by atoms with E-state index in [1.54, 1.807) is 16.8 Å². The first kappa shape index (κ1) is 10.9. The van der Waals surface area contributed by atoms with Gasteiger partial charge in [-0.15, -0.1) is 11.3 Å². The SMILES string of the molecule is CC(NCCOC(N)=O)c1cscn1. The van der Waals surface area contributed by atoms with E-state index in [0.717, 1.165) is 5.69 Å². The Hall–Kier alpha value is -1.14. The zero-order chi connectivity index (χ0) is 10.4. The number of nitrogens with zero attached hydrogens (tertiary/aromatic N) is 1. The van der Waals surface area contributed by atoms with Crippen LogP contribution in [0.15, 0.2) is 10.9 Å². The fraction of sp³-hybridized carbons (Fsp3) is 0.500. The molecule has 0 aliphatic rings. The van der Waals surface area contributed by atoms with Crippen molar-refractivity contribution < 1.29 is 9.53 Å². The highest BCUT2D eigenvalue weighted by Gasteiger charge is 2.05. The van der Waals surface area contributed by atoms with Gasteiger partial charge in [-0.25, -0.2) is 9.78 Å². The number of nitrogens with one attached hydrogen (secondary N) is 1. The lowest BCUT2D eigenvalue weighted by molar-refractivity contribution is 0.156. The van der Waals surface area contributed by atoms with Gasteiger partial charge >= 0.3 is 6.09 Å². The van der Waals surface area contributed by atoms with E-state index in [9.17, 15) is 4.79 Å². The highest BCUT2D eigenvalue weighted by molar-refractivity contribution is 7.07. The average molecular weight is 215 g/mol. The molecule has 0 saturated carbocycles. The minimum Gasteiger partial charge on any atom is -0.448 e. The molecule has 3 N–H and O–H groups in total. The van der Waals surface area contributed by atoms with E-state index in [4.69, 9.17) is 5.73 Å². The van der Waals surface area contributed by atoms with Crippen molar-refractivity contribution in [2.45, 2.75) is 13.0 Å². The molecule has 0 bridgehead atoms. The molecule has 1 unspecified atom stereocenters. The number of primary amides is 1. The van der Waals surface area contributed by atoms with E-state index < -0.39 is 6.09 Å². The lowest BCUT2D eigenvalue weighted by atomic mass is 10.2. The van der Waals surface area contributed by atoms with Gasteiger partial charge < -0.3 is 15.8 Å². The average Bonchev–Trinajstić information content (AvgIpc) is 2.64. The Morgan fingerprint density at radius 1 is 1.86 bits per heavy atom. The normalized spacial score (nSPS) is 12.4. The number of carbonyl (C=O) groups is 1. The molecule has 1 aromatic rings. The number of amides is 1. The molecule has 0 spiro atoms. The van der Waals surface area contributed by atoms with Crippen LogP contribution < -0.4 is 11.1 Å². The van der Waals surface area contributed by atoms with Gasteiger partial charge in [-0.1, -0.05) is 0 Å². The highest BCUT2D eigenvalue weighted by atomic mass is 32.1. The lowest BCUT2D eigenvalue weighted by Gasteiger charge is -2.10. The second-order valence-corrected chi connectivity index (χ2v) is 3.48. The summed E-state index contributed by atoms with van der Waals surface area (Å²) in [5.41, 5.74) is 7.58. The van der Waals surface area contributed by atoms with Gasteiger partial charge in [0.2, 0.25) is 0 Å². The molecule has 5 nitrogen and oxygen atoms in total. The number of aromatic nitrogens is 1. The summed E-state index contributed by atoms with van der Waals surface area (Å²) in [4.78, 5) is 14.4. The predicted molar refractivity (Wildman–Crippen MR) is 54.1 cm³/mol. The van der Waals surface area contributed by atoms with E-state index in [1.165, 1.54) is 0 Å². The molecule has 78 valence electrons. The van der Waals surface area contributed by atoms with E-state index in [0.29, 0.717) is 6.54 Å². The van der Waals surface area contributed by atoms with Crippen LogP contribution in [0, 0.1) is 0 Å². The fourth-order valence-corrected chi connectivity index (χ4v) is 1.62. The largest absolute Gasteiger partial charge is 0.448 e. The molecular formula is C8H13N3O2S. The van der Waals surface area contributed by atoms with Crippen molar-refractivity contribution in [2.75, 3.05) is 13.2 Å². The van der Waals surface area contributed by atoms with Crippen LogP contribution in [0.1, 0.15) is 18.7 Å². The third-order valence-corrected chi connectivity index (χ3v) is 2.30. The summed E-state index contributed by atoms with van der Waals surface area (Å²) in [6.45, 7) is 2.85. The van der Waals surface area contributed by atoms with E-state index >= 15 is 0 Å². The molecule has 1 rings (SSSR count). The van der Waals surface area contributed by atoms with Crippen molar-refractivity contribution in [3.8, 4) is 0 Å². The number of carbonyl (C=O) groups excluding carboxylic acids is 1. The van der Waals surface area contributed by atoms with Crippen LogP contribution >= 0.6 is 11.3 Å². The molecule has 14 heavy (non-hydrogen) atoms. The minimum absolute atomic E-state index is 0.165. The van der Waals surface area contributed by atoms with E-state index in [-0.39, 0.29) is 12.6 Å². The van der Waals surface area contributed by atoms with Crippen molar-refractivity contribution in [1.29, 1.82) is 0 Å². The first-order valence-corrected chi connectivity index (χ1v) is 5.18. The van der Waals surface area contributed by atoms with Crippen molar-refractivity contribution in [1.82, 2.24) is 10.3 Å². The van der Waals surface area contributed by atoms with Gasteiger partial charge in [-0.3, -0.25) is 0 Å². The predicted octanol–water partition coefficient (Wildman–Crippen LogP) is 0.889. The third-order valence-electron chi connectivity index (χ3n) is 1.69. The van der Waals surface area contributed by atoms with Crippen molar-refractivity contribution in [2.24, 2.45) is 5.73 Å². The standard InChI is InChI=1S/C8H13N3O2S/c1-6(7-4-14-5-11-7)10-2-3-13-8(9)12/h4-6,10H,2-3H2,1H3,(H2,9,12). The number of hydrogen-bond donors (Lipinski definition) is 2. The summed E-state index contributed by atoms with van der Waals surface area (Å²) in [6.07, 6.45) is -0.742. The van der Waals surface area contributed by atoms with Crippen LogP contribution in [-0.4, -0.2) is 24.2 Å². The van der Waals surface area contributed by atoms with Crippen LogP contribution in [0.5, 0.6) is 0 Å². The molecule has 1 aromatic heterocycles. The van der Waals surface area contributed by atoms with Crippen LogP contribution in [0.2, 0.25) is 0 Å². The fourth-order valence-electron chi connectivity index (χ4n) is 0.967. The molecule has 6 heteroatoms. The van der Waals surface area contributed by atoms with Gasteiger partial charge in [0, 0.05) is 18.0 Å². The first-order valence-electron chi connectivity index (χ1n) is 4.24. The molecule has 0 saturated heterocycles. The molecule has 0 aliphatic heterocycles. The first-order chi connectivity index (χ1) is 6.70. The smallest absolute Gasteiger partial charge is 0.404 e. The van der Waals surface area contributed by atoms with Gasteiger partial charge in [0.25, 0.3) is 0 Å². The maximum atomic E-state index is 10.2. The molecule has 0 aliphatic carbocycles. The zero-order valence-electron chi connectivity index (χ0n) is 7.90. The van der Waals surface area contributed by atoms with E-state index in [2.05, 4.69) is 15.0 Å². The monoisotopic (exact) mass is 215 g/mol. The number of ether oxygens (including phenoxy) is 1. The van der Waals surface area contributed by atoms with Gasteiger partial charge in [-0.05, 0) is 6.92 Å². The second kappa shape index (κ2) is 5.56. The van der Waals surface area contributed by atoms with Crippen LogP contribution in [0.25, 0.3) is 0 Å². The van der Waals surface area contributed by atoms with Gasteiger partial charge in [-0.2, -0.15) is 0 Å². The number of thiazole rings is 1. The Morgan fingerprint density at radius 2 is 2.64 bits per heavy atom. The molecule has 1 atom stereocenters. The quantitative estimate of drug-likeness (QED) is 0.715. The van der Waals surface area contributed by atoms with Gasteiger partial charge in [0.1, 0.15) is 6.61 Å². The van der Waals surface area contributed by atoms with Crippen LogP contribution in [0.4, 0.5) is 4.79 Å². The maximum Gasteiger partial charge on any atom is 0.404 e. The Balaban J connectivity index is 2.16. The molecule has 1 heterocycles. The number of rotatable bonds is 5. The summed E-state index contributed by atoms with van der Waals surface area (Å²) >= 11 is 1.56. The van der Waals surface area contributed by atoms with Gasteiger partial charge in [0.05, 0.1) is 11.2 Å². The van der Waals surface area contributed by atoms with E-state index in [1.807, 2.05) is 12.3 Å². The van der Waals surface area contributed by atoms with Crippen molar-refractivity contribution in [3.63, 3.8) is 0 Å². The van der Waals surface area contributed by atoms with Crippen LogP contribution in [-0.2, 0) is 4.74 Å². The van der Waals surface area contributed by atoms with Crippen molar-refractivity contribution in [3.05, 3.63) is 16.6 Å². The maximum absolute atomic E-state index is 10.2. The molecule has 0 radical (unpaired) electrons. The Morgan fingerprint density at radius 3 is 3.21 bits per heavy atom. The highest BCUT2D eigenvalue weighted by Crippen LogP contribution is 2.10. The molecule has 1 amide bonds. The molecule has 0 aromatic carbocycles. The summed E-state index contributed by atoms with van der Waals surface area (Å²) in [6, 6.07) is 0.165. The van der Waals surface area contributed by atoms with Crippen molar-refractivity contribution >= 4 is 17.4 Å². The van der Waals surface area contributed by atoms with Gasteiger partial charge in [0.15, 0.2) is 0 Å². The summed E-state index contributed by atoms with van der Waals surface area (Å²) in [5, 5.41) is 5.13. The van der Waals surface area contributed by atoms with Crippen LogP contribution in [0.3, 0.4) is 0 Å². The topological polar surface area (TPSA) is 77.2 Å². The Bertz CT molecular complexity index is 276. The Kier molecular flexibility index (Phi) is 4.34. The number of hydrogen-bond acceptors (Lipinski definition) is 5. The minimum atomic E-state index is -0.742. The molecule has 0 fully saturated rings. The number of nitrogens with two attached hydrogens (primary N) is 1. The zero-order valence-corrected chi connectivity index (χ0v) is 8.71. The summed E-state index contributed by atoms with van der Waals surface area (Å²) in [5.74, 6) is 0.